The first-order valence-electron chi connectivity index (χ1n) is 5.18. The van der Waals surface area contributed by atoms with Gasteiger partial charge in [0.1, 0.15) is 4.88 Å². The summed E-state index contributed by atoms with van der Waals surface area (Å²) >= 11 is 4.73. The van der Waals surface area contributed by atoms with Gasteiger partial charge in [0.05, 0.1) is 13.3 Å². The van der Waals surface area contributed by atoms with Crippen LogP contribution in [-0.4, -0.2) is 18.1 Å². The van der Waals surface area contributed by atoms with E-state index < -0.39 is 0 Å². The zero-order valence-corrected chi connectivity index (χ0v) is 12.3. The van der Waals surface area contributed by atoms with Crippen LogP contribution in [-0.2, 0) is 4.74 Å². The van der Waals surface area contributed by atoms with E-state index in [0.29, 0.717) is 10.0 Å². The van der Waals surface area contributed by atoms with E-state index in [1.165, 1.54) is 24.6 Å². The van der Waals surface area contributed by atoms with Gasteiger partial charge in [-0.1, -0.05) is 33.3 Å². The molecule has 0 saturated heterocycles. The van der Waals surface area contributed by atoms with Gasteiger partial charge in [-0.05, 0) is 24.6 Å². The molecule has 94 valence electrons. The molecule has 0 aliphatic carbocycles. The molecule has 1 aromatic heterocycles. The lowest BCUT2D eigenvalue weighted by Gasteiger charge is -2.07. The second-order valence-corrected chi connectivity index (χ2v) is 5.44. The van der Waals surface area contributed by atoms with Gasteiger partial charge in [-0.2, -0.15) is 0 Å². The van der Waals surface area contributed by atoms with Crippen LogP contribution in [0.15, 0.2) is 28.9 Å². The van der Waals surface area contributed by atoms with E-state index >= 15 is 0 Å². The molecule has 1 N–H and O–H groups in total. The van der Waals surface area contributed by atoms with Crippen molar-refractivity contribution in [2.75, 3.05) is 12.4 Å². The predicted molar refractivity (Wildman–Crippen MR) is 75.6 cm³/mol. The van der Waals surface area contributed by atoms with Gasteiger partial charge in [0.2, 0.25) is 0 Å². The summed E-state index contributed by atoms with van der Waals surface area (Å²) in [6, 6.07) is 5.87. The van der Waals surface area contributed by atoms with Crippen molar-refractivity contribution in [3.63, 3.8) is 0 Å². The number of nitrogens with one attached hydrogen (secondary N) is 1. The van der Waals surface area contributed by atoms with Crippen molar-refractivity contribution in [2.24, 2.45) is 0 Å². The van der Waals surface area contributed by atoms with Crippen molar-refractivity contribution in [3.05, 3.63) is 39.3 Å². The maximum absolute atomic E-state index is 11.3. The molecular formula is C12H11BrN2O2S. The molecule has 1 heterocycles. The van der Waals surface area contributed by atoms with Crippen LogP contribution in [0.25, 0.3) is 0 Å². The molecule has 0 saturated carbocycles. The van der Waals surface area contributed by atoms with Crippen LogP contribution < -0.4 is 5.32 Å². The molecule has 0 aliphatic rings. The van der Waals surface area contributed by atoms with Crippen molar-refractivity contribution in [2.45, 2.75) is 6.92 Å². The van der Waals surface area contributed by atoms with Crippen LogP contribution in [0.1, 0.15) is 15.2 Å². The molecule has 2 aromatic rings. The minimum absolute atomic E-state index is 0.369. The molecule has 0 bridgehead atoms. The molecule has 0 fully saturated rings. The van der Waals surface area contributed by atoms with Crippen LogP contribution >= 0.6 is 27.3 Å². The molecule has 0 aliphatic heterocycles. The number of benzene rings is 1. The van der Waals surface area contributed by atoms with Crippen LogP contribution in [0.2, 0.25) is 0 Å². The van der Waals surface area contributed by atoms with Gasteiger partial charge in [0.15, 0.2) is 5.13 Å². The van der Waals surface area contributed by atoms with Crippen molar-refractivity contribution >= 4 is 44.1 Å². The predicted octanol–water partition coefficient (Wildman–Crippen LogP) is 3.74. The number of esters is 1. The summed E-state index contributed by atoms with van der Waals surface area (Å²) in [5, 5.41) is 3.85. The van der Waals surface area contributed by atoms with Gasteiger partial charge in [0, 0.05) is 10.2 Å². The van der Waals surface area contributed by atoms with Crippen molar-refractivity contribution in [3.8, 4) is 0 Å². The van der Waals surface area contributed by atoms with Gasteiger partial charge in [-0.25, -0.2) is 9.78 Å². The summed E-state index contributed by atoms with van der Waals surface area (Å²) in [6.07, 6.45) is 1.51. The lowest BCUT2D eigenvalue weighted by atomic mass is 10.2. The van der Waals surface area contributed by atoms with Crippen LogP contribution in [0, 0.1) is 6.92 Å². The van der Waals surface area contributed by atoms with Crippen LogP contribution in [0.3, 0.4) is 0 Å². The number of hydrogen-bond acceptors (Lipinski definition) is 5. The van der Waals surface area contributed by atoms with E-state index in [1.807, 2.05) is 25.1 Å². The van der Waals surface area contributed by atoms with Gasteiger partial charge in [-0.15, -0.1) is 0 Å². The maximum atomic E-state index is 11.3. The molecule has 6 heteroatoms. The fraction of sp³-hybridized carbons (Fsp3) is 0.167. The Morgan fingerprint density at radius 1 is 1.50 bits per heavy atom. The second kappa shape index (κ2) is 5.49. The average Bonchev–Trinajstić information content (AvgIpc) is 2.82. The highest BCUT2D eigenvalue weighted by Gasteiger charge is 2.11. The zero-order valence-electron chi connectivity index (χ0n) is 9.86. The van der Waals surface area contributed by atoms with E-state index in [4.69, 9.17) is 0 Å². The summed E-state index contributed by atoms with van der Waals surface area (Å²) < 4.78 is 5.66. The minimum atomic E-state index is -0.369. The number of carbonyl (C=O) groups excluding carboxylic acids is 1. The molecule has 4 nitrogen and oxygen atoms in total. The number of hydrogen-bond donors (Lipinski definition) is 1. The Morgan fingerprint density at radius 2 is 2.28 bits per heavy atom. The lowest BCUT2D eigenvalue weighted by Crippen LogP contribution is -1.96. The number of thiazole rings is 1. The van der Waals surface area contributed by atoms with Gasteiger partial charge < -0.3 is 10.1 Å². The molecule has 18 heavy (non-hydrogen) atoms. The highest BCUT2D eigenvalue weighted by Crippen LogP contribution is 2.28. The largest absolute Gasteiger partial charge is 0.465 e. The first-order valence-corrected chi connectivity index (χ1v) is 6.79. The maximum Gasteiger partial charge on any atom is 0.349 e. The molecule has 0 radical (unpaired) electrons. The second-order valence-electron chi connectivity index (χ2n) is 3.56. The smallest absolute Gasteiger partial charge is 0.349 e. The normalized spacial score (nSPS) is 10.2. The Labute approximate surface area is 117 Å². The SMILES string of the molecule is COC(=O)c1cnc(Nc2cccc(Br)c2C)s1. The summed E-state index contributed by atoms with van der Waals surface area (Å²) in [4.78, 5) is 15.9. The summed E-state index contributed by atoms with van der Waals surface area (Å²) in [6.45, 7) is 2.00. The minimum Gasteiger partial charge on any atom is -0.465 e. The summed E-state index contributed by atoms with van der Waals surface area (Å²) in [5.74, 6) is -0.369. The highest BCUT2D eigenvalue weighted by molar-refractivity contribution is 9.10. The molecule has 0 spiro atoms. The number of aromatic nitrogens is 1. The Kier molecular flexibility index (Phi) is 3.98. The highest BCUT2D eigenvalue weighted by atomic mass is 79.9. The van der Waals surface area contributed by atoms with E-state index in [9.17, 15) is 4.79 Å². The number of ether oxygens (including phenoxy) is 1. The Bertz CT molecular complexity index is 583. The third-order valence-corrected chi connectivity index (χ3v) is 4.15. The standard InChI is InChI=1S/C12H11BrN2O2S/c1-7-8(13)4-3-5-9(7)15-12-14-6-10(18-12)11(16)17-2/h3-6H,1-2H3,(H,14,15). The van der Waals surface area contributed by atoms with Crippen molar-refractivity contribution < 1.29 is 9.53 Å². The number of methoxy groups -OCH3 is 1. The van der Waals surface area contributed by atoms with Gasteiger partial charge in [0.25, 0.3) is 0 Å². The average molecular weight is 327 g/mol. The van der Waals surface area contributed by atoms with E-state index in [2.05, 4.69) is 31.0 Å². The molecular weight excluding hydrogens is 316 g/mol. The van der Waals surface area contributed by atoms with Crippen LogP contribution in [0.4, 0.5) is 10.8 Å². The molecule has 0 atom stereocenters. The lowest BCUT2D eigenvalue weighted by molar-refractivity contribution is 0.0606. The number of rotatable bonds is 3. The number of nitrogens with zero attached hydrogens (tertiary/aromatic N) is 1. The number of anilines is 2. The molecule has 2 rings (SSSR count). The Hall–Kier alpha value is -1.40. The fourth-order valence-electron chi connectivity index (χ4n) is 1.38. The first kappa shape index (κ1) is 13.0. The van der Waals surface area contributed by atoms with Crippen molar-refractivity contribution in [1.29, 1.82) is 0 Å². The van der Waals surface area contributed by atoms with Crippen LogP contribution in [0.5, 0.6) is 0 Å². The molecule has 1 aromatic carbocycles. The third kappa shape index (κ3) is 2.70. The first-order chi connectivity index (χ1) is 8.61. The van der Waals surface area contributed by atoms with E-state index in [1.54, 1.807) is 0 Å². The topological polar surface area (TPSA) is 51.2 Å². The number of halogens is 1. The third-order valence-electron chi connectivity index (χ3n) is 2.40. The quantitative estimate of drug-likeness (QED) is 0.873. The van der Waals surface area contributed by atoms with Gasteiger partial charge >= 0.3 is 5.97 Å². The van der Waals surface area contributed by atoms with Gasteiger partial charge in [-0.3, -0.25) is 0 Å². The van der Waals surface area contributed by atoms with Crippen molar-refractivity contribution in [1.82, 2.24) is 4.98 Å². The Balaban J connectivity index is 2.21. The summed E-state index contributed by atoms with van der Waals surface area (Å²) in [5.41, 5.74) is 2.04. The summed E-state index contributed by atoms with van der Waals surface area (Å²) in [7, 11) is 1.35. The monoisotopic (exact) mass is 326 g/mol. The Morgan fingerprint density at radius 3 is 3.00 bits per heavy atom. The van der Waals surface area contributed by atoms with E-state index in [-0.39, 0.29) is 5.97 Å². The number of carbonyl (C=O) groups is 1. The van der Waals surface area contributed by atoms with E-state index in [0.717, 1.165) is 15.7 Å². The zero-order chi connectivity index (χ0) is 13.1. The fourth-order valence-corrected chi connectivity index (χ4v) is 2.50. The molecule has 0 amide bonds. The molecule has 0 unspecified atom stereocenters.